The van der Waals surface area contributed by atoms with Crippen molar-refractivity contribution >= 4 is 23.3 Å². The highest BCUT2D eigenvalue weighted by Crippen LogP contribution is 2.25. The van der Waals surface area contributed by atoms with Gasteiger partial charge >= 0.3 is 0 Å². The summed E-state index contributed by atoms with van der Waals surface area (Å²) >= 11 is 6.31. The molecule has 7 heteroatoms. The second kappa shape index (κ2) is 8.22. The Kier molecular flexibility index (Phi) is 5.50. The van der Waals surface area contributed by atoms with E-state index < -0.39 is 0 Å². The van der Waals surface area contributed by atoms with Crippen LogP contribution in [0.2, 0.25) is 5.02 Å². The second-order valence-electron chi connectivity index (χ2n) is 7.41. The van der Waals surface area contributed by atoms with Crippen LogP contribution in [0.25, 0.3) is 11.6 Å². The van der Waals surface area contributed by atoms with Gasteiger partial charge in [0.05, 0.1) is 17.8 Å². The molecule has 1 aliphatic heterocycles. The van der Waals surface area contributed by atoms with E-state index in [1.54, 1.807) is 0 Å². The number of hydrogen-bond acceptors (Lipinski definition) is 4. The molecule has 1 aliphatic rings. The van der Waals surface area contributed by atoms with E-state index in [0.29, 0.717) is 17.9 Å². The number of aromatic nitrogens is 5. The van der Waals surface area contributed by atoms with Crippen LogP contribution < -0.4 is 0 Å². The van der Waals surface area contributed by atoms with Gasteiger partial charge in [0.1, 0.15) is 11.9 Å². The molecule has 0 unspecified atom stereocenters. The van der Waals surface area contributed by atoms with Gasteiger partial charge in [-0.15, -0.1) is 10.2 Å². The molecule has 0 bridgehead atoms. The van der Waals surface area contributed by atoms with Crippen molar-refractivity contribution in [1.82, 2.24) is 24.5 Å². The van der Waals surface area contributed by atoms with Crippen LogP contribution in [-0.4, -0.2) is 24.5 Å². The topological polar surface area (TPSA) is 72.3 Å². The van der Waals surface area contributed by atoms with E-state index in [-0.39, 0.29) is 0 Å². The molecule has 0 N–H and O–H groups in total. The molecular formula is C22H23ClN6. The summed E-state index contributed by atoms with van der Waals surface area (Å²) < 4.78 is 4.03. The highest BCUT2D eigenvalue weighted by atomic mass is 35.5. The van der Waals surface area contributed by atoms with Crippen molar-refractivity contribution in [3.63, 3.8) is 0 Å². The largest absolute Gasteiger partial charge is 0.310 e. The molecule has 1 aromatic carbocycles. The van der Waals surface area contributed by atoms with Crippen LogP contribution in [0.5, 0.6) is 0 Å². The van der Waals surface area contributed by atoms with E-state index in [2.05, 4.69) is 25.9 Å². The maximum absolute atomic E-state index is 9.85. The van der Waals surface area contributed by atoms with Crippen LogP contribution in [0.4, 0.5) is 0 Å². The molecule has 4 rings (SSSR count). The van der Waals surface area contributed by atoms with Gasteiger partial charge in [-0.2, -0.15) is 10.4 Å². The average molecular weight is 407 g/mol. The molecule has 0 saturated heterocycles. The standard InChI is InChI=1S/C22H23ClN6/c1-15-19(16(2)29(27-15)14-17-8-5-6-9-20(17)23)12-18(13-24)22-26-25-21-10-4-3-7-11-28(21)22/h5-6,8-9,12H,3-4,7,10-11,14H2,1-2H3/b18-12+. The smallest absolute Gasteiger partial charge is 0.174 e. The van der Waals surface area contributed by atoms with E-state index in [9.17, 15) is 5.26 Å². The number of hydrogen-bond donors (Lipinski definition) is 0. The van der Waals surface area contributed by atoms with E-state index >= 15 is 0 Å². The fraction of sp³-hybridized carbons (Fsp3) is 0.364. The number of nitriles is 1. The molecule has 2 aromatic heterocycles. The minimum atomic E-state index is 0.522. The lowest BCUT2D eigenvalue weighted by Crippen LogP contribution is -2.05. The zero-order chi connectivity index (χ0) is 20.4. The zero-order valence-electron chi connectivity index (χ0n) is 16.7. The molecule has 148 valence electrons. The monoisotopic (exact) mass is 406 g/mol. The van der Waals surface area contributed by atoms with Crippen molar-refractivity contribution in [2.45, 2.75) is 52.6 Å². The third-order valence-corrected chi connectivity index (χ3v) is 5.84. The van der Waals surface area contributed by atoms with Crippen molar-refractivity contribution < 1.29 is 0 Å². The molecule has 0 radical (unpaired) electrons. The summed E-state index contributed by atoms with van der Waals surface area (Å²) in [5.41, 5.74) is 4.34. The first-order valence-corrected chi connectivity index (χ1v) is 10.3. The van der Waals surface area contributed by atoms with Crippen LogP contribution >= 0.6 is 11.6 Å². The second-order valence-corrected chi connectivity index (χ2v) is 7.81. The average Bonchev–Trinajstić information content (AvgIpc) is 3.12. The lowest BCUT2D eigenvalue weighted by molar-refractivity contribution is 0.627. The molecule has 3 heterocycles. The normalized spacial score (nSPS) is 14.3. The van der Waals surface area contributed by atoms with Gasteiger partial charge in [-0.25, -0.2) is 0 Å². The number of halogens is 1. The Balaban J connectivity index is 1.71. The first-order chi connectivity index (χ1) is 14.1. The van der Waals surface area contributed by atoms with Crippen LogP contribution in [0.1, 0.15) is 53.4 Å². The van der Waals surface area contributed by atoms with Crippen molar-refractivity contribution in [1.29, 1.82) is 5.26 Å². The van der Waals surface area contributed by atoms with Crippen molar-refractivity contribution in [3.05, 3.63) is 63.5 Å². The van der Waals surface area contributed by atoms with Gasteiger partial charge in [-0.3, -0.25) is 4.68 Å². The molecule has 0 fully saturated rings. The zero-order valence-corrected chi connectivity index (χ0v) is 17.4. The van der Waals surface area contributed by atoms with Crippen LogP contribution in [-0.2, 0) is 19.5 Å². The lowest BCUT2D eigenvalue weighted by Gasteiger charge is -2.07. The Bertz CT molecular complexity index is 1120. The van der Waals surface area contributed by atoms with Crippen molar-refractivity contribution in [2.24, 2.45) is 0 Å². The van der Waals surface area contributed by atoms with Gasteiger partial charge in [0.2, 0.25) is 0 Å². The minimum Gasteiger partial charge on any atom is -0.310 e. The van der Waals surface area contributed by atoms with Gasteiger partial charge in [0.25, 0.3) is 0 Å². The summed E-state index contributed by atoms with van der Waals surface area (Å²) in [5.74, 6) is 1.63. The van der Waals surface area contributed by atoms with Crippen LogP contribution in [0.15, 0.2) is 24.3 Å². The lowest BCUT2D eigenvalue weighted by atomic mass is 10.1. The maximum atomic E-state index is 9.85. The summed E-state index contributed by atoms with van der Waals surface area (Å²) in [7, 11) is 0. The predicted octanol–water partition coefficient (Wildman–Crippen LogP) is 4.58. The van der Waals surface area contributed by atoms with E-state index in [1.807, 2.05) is 48.9 Å². The summed E-state index contributed by atoms with van der Waals surface area (Å²) in [6.07, 6.45) is 6.20. The molecule has 0 atom stereocenters. The summed E-state index contributed by atoms with van der Waals surface area (Å²) in [5, 5.41) is 23.9. The Morgan fingerprint density at radius 3 is 2.83 bits per heavy atom. The Hall–Kier alpha value is -2.91. The van der Waals surface area contributed by atoms with Crippen LogP contribution in [0.3, 0.4) is 0 Å². The highest BCUT2D eigenvalue weighted by Gasteiger charge is 2.19. The molecule has 3 aromatic rings. The number of benzene rings is 1. The van der Waals surface area contributed by atoms with Gasteiger partial charge in [-0.1, -0.05) is 36.2 Å². The summed E-state index contributed by atoms with van der Waals surface area (Å²) in [4.78, 5) is 0. The fourth-order valence-electron chi connectivity index (χ4n) is 3.84. The fourth-order valence-corrected chi connectivity index (χ4v) is 4.03. The molecule has 0 saturated carbocycles. The molecule has 29 heavy (non-hydrogen) atoms. The quantitative estimate of drug-likeness (QED) is 0.594. The summed E-state index contributed by atoms with van der Waals surface area (Å²) in [6, 6.07) is 10.1. The molecule has 0 aliphatic carbocycles. The maximum Gasteiger partial charge on any atom is 0.174 e. The number of rotatable bonds is 4. The van der Waals surface area contributed by atoms with Crippen LogP contribution in [0, 0.1) is 25.2 Å². The first kappa shape index (κ1) is 19.4. The Morgan fingerprint density at radius 1 is 1.21 bits per heavy atom. The van der Waals surface area contributed by atoms with E-state index in [4.69, 9.17) is 11.6 Å². The number of allylic oxidation sites excluding steroid dienone is 1. The van der Waals surface area contributed by atoms with Crippen molar-refractivity contribution in [3.8, 4) is 6.07 Å². The van der Waals surface area contributed by atoms with Gasteiger partial charge in [0, 0.05) is 29.2 Å². The molecule has 0 amide bonds. The molecule has 0 spiro atoms. The Labute approximate surface area is 175 Å². The first-order valence-electron chi connectivity index (χ1n) is 9.90. The van der Waals surface area contributed by atoms with E-state index in [1.165, 1.54) is 6.42 Å². The van der Waals surface area contributed by atoms with Gasteiger partial charge < -0.3 is 4.57 Å². The SMILES string of the molecule is Cc1nn(Cc2ccccc2Cl)c(C)c1/C=C(\C#N)c1nnc2n1CCCCC2. The number of aryl methyl sites for hydroxylation is 2. The summed E-state index contributed by atoms with van der Waals surface area (Å²) in [6.45, 7) is 5.42. The number of nitrogens with zero attached hydrogens (tertiary/aromatic N) is 6. The number of fused-ring (bicyclic) bond motifs is 1. The van der Waals surface area contributed by atoms with E-state index in [0.717, 1.165) is 59.2 Å². The predicted molar refractivity (Wildman–Crippen MR) is 113 cm³/mol. The Morgan fingerprint density at radius 2 is 2.03 bits per heavy atom. The third kappa shape index (κ3) is 3.83. The van der Waals surface area contributed by atoms with Gasteiger partial charge in [-0.05, 0) is 44.4 Å². The molecule has 6 nitrogen and oxygen atoms in total. The van der Waals surface area contributed by atoms with Crippen molar-refractivity contribution in [2.75, 3.05) is 0 Å². The minimum absolute atomic E-state index is 0.522. The third-order valence-electron chi connectivity index (χ3n) is 5.47. The van der Waals surface area contributed by atoms with Gasteiger partial charge in [0.15, 0.2) is 5.82 Å². The molecular weight excluding hydrogens is 384 g/mol. The highest BCUT2D eigenvalue weighted by molar-refractivity contribution is 6.31.